The van der Waals surface area contributed by atoms with Crippen molar-refractivity contribution in [2.45, 2.75) is 70.8 Å². The average molecular weight is 493 g/mol. The number of likely N-dealkylation sites (tertiary alicyclic amines) is 1. The predicted octanol–water partition coefficient (Wildman–Crippen LogP) is 3.98. The molecule has 5 rings (SSSR count). The van der Waals surface area contributed by atoms with E-state index in [1.807, 2.05) is 20.0 Å². The molecule has 1 saturated heterocycles. The molecular formula is C30H41FN4O. The highest BCUT2D eigenvalue weighted by atomic mass is 19.1. The highest BCUT2D eigenvalue weighted by Crippen LogP contribution is 2.30. The second kappa shape index (κ2) is 10.8. The van der Waals surface area contributed by atoms with Gasteiger partial charge in [0.1, 0.15) is 5.82 Å². The van der Waals surface area contributed by atoms with E-state index in [4.69, 9.17) is 0 Å². The van der Waals surface area contributed by atoms with Crippen molar-refractivity contribution in [3.05, 3.63) is 51.9 Å². The third kappa shape index (κ3) is 5.10. The minimum Gasteiger partial charge on any atom is -0.386 e. The Labute approximate surface area is 214 Å². The van der Waals surface area contributed by atoms with E-state index in [1.165, 1.54) is 61.6 Å². The van der Waals surface area contributed by atoms with Crippen LogP contribution >= 0.6 is 0 Å². The molecule has 6 heteroatoms. The number of carbonyl (C=O) groups is 1. The van der Waals surface area contributed by atoms with Gasteiger partial charge in [0.15, 0.2) is 0 Å². The number of rotatable bonds is 6. The van der Waals surface area contributed by atoms with Crippen LogP contribution in [0, 0.1) is 11.7 Å². The second-order valence-corrected chi connectivity index (χ2v) is 11.3. The lowest BCUT2D eigenvalue weighted by Gasteiger charge is -2.35. The van der Waals surface area contributed by atoms with Gasteiger partial charge in [0, 0.05) is 43.8 Å². The minimum absolute atomic E-state index is 0.0307. The SMILES string of the molecule is CC(C)N(C)C(=O)c1cc(F)ccc1-n1cc(C2CCN(CC3CCCCC3)CC2)c2c1=CNCC=2. The van der Waals surface area contributed by atoms with E-state index in [-0.39, 0.29) is 17.8 Å². The molecule has 1 amide bonds. The third-order valence-corrected chi connectivity index (χ3v) is 8.59. The van der Waals surface area contributed by atoms with Gasteiger partial charge in [0.25, 0.3) is 5.91 Å². The summed E-state index contributed by atoms with van der Waals surface area (Å²) in [5, 5.41) is 5.66. The maximum atomic E-state index is 14.3. The monoisotopic (exact) mass is 492 g/mol. The van der Waals surface area contributed by atoms with Gasteiger partial charge >= 0.3 is 0 Å². The van der Waals surface area contributed by atoms with E-state index < -0.39 is 0 Å². The van der Waals surface area contributed by atoms with Crippen LogP contribution in [0.4, 0.5) is 4.39 Å². The lowest BCUT2D eigenvalue weighted by atomic mass is 9.86. The molecule has 194 valence electrons. The van der Waals surface area contributed by atoms with Crippen molar-refractivity contribution in [3.8, 4) is 5.69 Å². The van der Waals surface area contributed by atoms with Gasteiger partial charge in [-0.05, 0) is 88.2 Å². The maximum Gasteiger partial charge on any atom is 0.256 e. The fraction of sp³-hybridized carbons (Fsp3) is 0.567. The predicted molar refractivity (Wildman–Crippen MR) is 144 cm³/mol. The van der Waals surface area contributed by atoms with E-state index in [9.17, 15) is 9.18 Å². The number of halogens is 1. The first-order valence-electron chi connectivity index (χ1n) is 13.9. The number of amides is 1. The average Bonchev–Trinajstić information content (AvgIpc) is 3.28. The summed E-state index contributed by atoms with van der Waals surface area (Å²) in [4.78, 5) is 17.7. The quantitative estimate of drug-likeness (QED) is 0.663. The summed E-state index contributed by atoms with van der Waals surface area (Å²) in [6, 6.07) is 4.61. The van der Waals surface area contributed by atoms with E-state index in [0.717, 1.165) is 49.4 Å². The van der Waals surface area contributed by atoms with Crippen molar-refractivity contribution in [1.82, 2.24) is 19.7 Å². The van der Waals surface area contributed by atoms with Crippen molar-refractivity contribution in [3.63, 3.8) is 0 Å². The molecule has 2 fully saturated rings. The zero-order valence-corrected chi connectivity index (χ0v) is 22.1. The number of carbonyl (C=O) groups excluding carboxylic acids is 1. The van der Waals surface area contributed by atoms with Gasteiger partial charge in [-0.15, -0.1) is 0 Å². The van der Waals surface area contributed by atoms with Crippen LogP contribution in [0.3, 0.4) is 0 Å². The van der Waals surface area contributed by atoms with Gasteiger partial charge in [-0.3, -0.25) is 4.79 Å². The smallest absolute Gasteiger partial charge is 0.256 e. The van der Waals surface area contributed by atoms with Gasteiger partial charge < -0.3 is 19.7 Å². The number of benzene rings is 1. The summed E-state index contributed by atoms with van der Waals surface area (Å²) < 4.78 is 16.4. The molecule has 1 N–H and O–H groups in total. The molecule has 3 aliphatic rings. The molecule has 0 atom stereocenters. The zero-order chi connectivity index (χ0) is 25.2. The Bertz CT molecular complexity index is 1200. The molecule has 3 heterocycles. The summed E-state index contributed by atoms with van der Waals surface area (Å²) in [7, 11) is 1.78. The Balaban J connectivity index is 1.44. The molecular weight excluding hydrogens is 451 g/mol. The molecule has 0 bridgehead atoms. The largest absolute Gasteiger partial charge is 0.386 e. The highest BCUT2D eigenvalue weighted by molar-refractivity contribution is 5.98. The summed E-state index contributed by atoms with van der Waals surface area (Å²) in [5.41, 5.74) is 2.50. The molecule has 1 aromatic carbocycles. The van der Waals surface area contributed by atoms with Crippen LogP contribution in [0.15, 0.2) is 24.4 Å². The van der Waals surface area contributed by atoms with Crippen LogP contribution in [-0.4, -0.2) is 59.5 Å². The lowest BCUT2D eigenvalue weighted by molar-refractivity contribution is 0.0754. The number of aromatic nitrogens is 1. The van der Waals surface area contributed by atoms with Crippen LogP contribution in [0.25, 0.3) is 18.0 Å². The lowest BCUT2D eigenvalue weighted by Crippen LogP contribution is -2.40. The first-order valence-corrected chi connectivity index (χ1v) is 13.9. The molecule has 1 aliphatic carbocycles. The number of hydrogen-bond acceptors (Lipinski definition) is 3. The molecule has 36 heavy (non-hydrogen) atoms. The molecule has 2 aliphatic heterocycles. The molecule has 1 aromatic heterocycles. The van der Waals surface area contributed by atoms with E-state index >= 15 is 0 Å². The molecule has 2 aromatic rings. The standard InChI is InChI=1S/C30H41FN4O/c1-21(2)33(3)30(36)26-17-24(31)9-10-28(26)35-20-27(25-11-14-32-18-29(25)35)23-12-15-34(16-13-23)19-22-7-5-4-6-8-22/h9-11,17-18,20-23,32H,4-8,12-16,19H2,1-3H3. The van der Waals surface area contributed by atoms with E-state index in [1.54, 1.807) is 18.0 Å². The van der Waals surface area contributed by atoms with E-state index in [2.05, 4.69) is 27.1 Å². The van der Waals surface area contributed by atoms with Crippen LogP contribution in [0.1, 0.15) is 80.6 Å². The van der Waals surface area contributed by atoms with Crippen molar-refractivity contribution in [1.29, 1.82) is 0 Å². The number of piperidine rings is 1. The van der Waals surface area contributed by atoms with Crippen LogP contribution in [0.5, 0.6) is 0 Å². The number of nitrogens with one attached hydrogen (secondary N) is 1. The number of hydrogen-bond donors (Lipinski definition) is 1. The fourth-order valence-electron chi connectivity index (χ4n) is 6.24. The van der Waals surface area contributed by atoms with Crippen molar-refractivity contribution >= 4 is 18.2 Å². The van der Waals surface area contributed by atoms with Gasteiger partial charge in [0.05, 0.1) is 16.6 Å². The third-order valence-electron chi connectivity index (χ3n) is 8.59. The number of fused-ring (bicyclic) bond motifs is 1. The van der Waals surface area contributed by atoms with Crippen LogP contribution in [0.2, 0.25) is 0 Å². The van der Waals surface area contributed by atoms with Crippen LogP contribution < -0.4 is 15.9 Å². The van der Waals surface area contributed by atoms with Gasteiger partial charge in [-0.2, -0.15) is 0 Å². The normalized spacial score (nSPS) is 19.4. The minimum atomic E-state index is -0.389. The van der Waals surface area contributed by atoms with Gasteiger partial charge in [-0.1, -0.05) is 25.3 Å². The molecule has 0 radical (unpaired) electrons. The Morgan fingerprint density at radius 2 is 1.89 bits per heavy atom. The Morgan fingerprint density at radius 3 is 2.61 bits per heavy atom. The van der Waals surface area contributed by atoms with E-state index in [0.29, 0.717) is 11.5 Å². The van der Waals surface area contributed by atoms with Crippen molar-refractivity contribution < 1.29 is 9.18 Å². The van der Waals surface area contributed by atoms with Gasteiger partial charge in [-0.25, -0.2) is 4.39 Å². The second-order valence-electron chi connectivity index (χ2n) is 11.3. The first kappa shape index (κ1) is 25.1. The number of nitrogens with zero attached hydrogens (tertiary/aromatic N) is 3. The molecule has 1 saturated carbocycles. The highest BCUT2D eigenvalue weighted by Gasteiger charge is 2.27. The summed E-state index contributed by atoms with van der Waals surface area (Å²) in [5.74, 6) is 0.839. The van der Waals surface area contributed by atoms with Crippen molar-refractivity contribution in [2.75, 3.05) is 33.2 Å². The van der Waals surface area contributed by atoms with Crippen molar-refractivity contribution in [2.24, 2.45) is 5.92 Å². The summed E-state index contributed by atoms with van der Waals surface area (Å²) in [6.07, 6.45) is 15.9. The Morgan fingerprint density at radius 1 is 1.14 bits per heavy atom. The van der Waals surface area contributed by atoms with Gasteiger partial charge in [0.2, 0.25) is 0 Å². The summed E-state index contributed by atoms with van der Waals surface area (Å²) in [6.45, 7) is 8.32. The molecule has 0 unspecified atom stereocenters. The topological polar surface area (TPSA) is 40.5 Å². The Hall–Kier alpha value is -2.60. The molecule has 0 spiro atoms. The molecule has 5 nitrogen and oxygen atoms in total. The van der Waals surface area contributed by atoms with Crippen LogP contribution in [-0.2, 0) is 0 Å². The Kier molecular flexibility index (Phi) is 7.52. The fourth-order valence-corrected chi connectivity index (χ4v) is 6.24. The summed E-state index contributed by atoms with van der Waals surface area (Å²) >= 11 is 0. The zero-order valence-electron chi connectivity index (χ0n) is 22.1. The first-order chi connectivity index (χ1) is 17.4. The maximum absolute atomic E-state index is 14.3.